The van der Waals surface area contributed by atoms with Crippen molar-refractivity contribution in [2.45, 2.75) is 32.1 Å². The van der Waals surface area contributed by atoms with E-state index in [0.717, 1.165) is 25.9 Å². The molecule has 1 aliphatic rings. The number of carbonyl (C=O) groups excluding carboxylic acids is 1. The van der Waals surface area contributed by atoms with Crippen LogP contribution >= 0.6 is 0 Å². The second-order valence-electron chi connectivity index (χ2n) is 5.04. The van der Waals surface area contributed by atoms with E-state index < -0.39 is 0 Å². The fourth-order valence-corrected chi connectivity index (χ4v) is 2.46. The third-order valence-electron chi connectivity index (χ3n) is 3.60. The first kappa shape index (κ1) is 14.7. The quantitative estimate of drug-likeness (QED) is 0.830. The fourth-order valence-electron chi connectivity index (χ4n) is 2.46. The van der Waals surface area contributed by atoms with Crippen LogP contribution in [0.2, 0.25) is 0 Å². The van der Waals surface area contributed by atoms with Crippen molar-refractivity contribution in [2.24, 2.45) is 0 Å². The van der Waals surface area contributed by atoms with E-state index in [9.17, 15) is 4.79 Å². The predicted molar refractivity (Wildman–Crippen MR) is 78.2 cm³/mol. The minimum absolute atomic E-state index is 0.196. The van der Waals surface area contributed by atoms with Crippen molar-refractivity contribution >= 4 is 5.91 Å². The Morgan fingerprint density at radius 2 is 1.75 bits per heavy atom. The number of hydrogen-bond donors (Lipinski definition) is 0. The molecule has 1 aliphatic heterocycles. The van der Waals surface area contributed by atoms with E-state index in [2.05, 4.69) is 0 Å². The first-order valence-corrected chi connectivity index (χ1v) is 7.35. The van der Waals surface area contributed by atoms with Crippen LogP contribution in [-0.4, -0.2) is 37.6 Å². The first-order chi connectivity index (χ1) is 9.81. The molecule has 2 rings (SSSR count). The van der Waals surface area contributed by atoms with Gasteiger partial charge in [-0.25, -0.2) is 0 Å². The van der Waals surface area contributed by atoms with Crippen molar-refractivity contribution in [3.63, 3.8) is 0 Å². The highest BCUT2D eigenvalue weighted by molar-refractivity contribution is 5.76. The molecule has 0 unspecified atom stereocenters. The number of benzene rings is 1. The summed E-state index contributed by atoms with van der Waals surface area (Å²) < 4.78 is 10.9. The molecular formula is C16H23NO3. The minimum atomic E-state index is 0.196. The molecule has 0 saturated carbocycles. The largest absolute Gasteiger partial charge is 0.493 e. The lowest BCUT2D eigenvalue weighted by Crippen LogP contribution is -2.32. The lowest BCUT2D eigenvalue weighted by molar-refractivity contribution is -0.131. The smallest absolute Gasteiger partial charge is 0.225 e. The highest BCUT2D eigenvalue weighted by Crippen LogP contribution is 2.25. The van der Waals surface area contributed by atoms with Gasteiger partial charge in [0.1, 0.15) is 0 Å². The van der Waals surface area contributed by atoms with Gasteiger partial charge in [-0.15, -0.1) is 0 Å². The Morgan fingerprint density at radius 3 is 2.40 bits per heavy atom. The Bertz CT molecular complexity index is 425. The van der Waals surface area contributed by atoms with Crippen molar-refractivity contribution in [3.8, 4) is 11.5 Å². The molecule has 1 fully saturated rings. The summed E-state index contributed by atoms with van der Waals surface area (Å²) in [4.78, 5) is 14.1. The molecule has 0 aliphatic carbocycles. The number of amides is 1. The summed E-state index contributed by atoms with van der Waals surface area (Å²) >= 11 is 0. The average Bonchev–Trinajstić information content (AvgIpc) is 2.77. The number of methoxy groups -OCH3 is 1. The number of para-hydroxylation sites is 2. The van der Waals surface area contributed by atoms with Crippen molar-refractivity contribution < 1.29 is 14.3 Å². The van der Waals surface area contributed by atoms with Gasteiger partial charge in [0.05, 0.1) is 20.1 Å². The molecule has 1 heterocycles. The van der Waals surface area contributed by atoms with E-state index in [-0.39, 0.29) is 5.91 Å². The number of hydrogen-bond acceptors (Lipinski definition) is 3. The second-order valence-corrected chi connectivity index (χ2v) is 5.04. The van der Waals surface area contributed by atoms with Gasteiger partial charge >= 0.3 is 0 Å². The predicted octanol–water partition coefficient (Wildman–Crippen LogP) is 2.87. The van der Waals surface area contributed by atoms with Gasteiger partial charge < -0.3 is 14.4 Å². The summed E-state index contributed by atoms with van der Waals surface area (Å²) in [6.45, 7) is 2.19. The molecule has 4 nitrogen and oxygen atoms in total. The molecule has 1 saturated heterocycles. The third-order valence-corrected chi connectivity index (χ3v) is 3.60. The van der Waals surface area contributed by atoms with Gasteiger partial charge in [-0.05, 0) is 25.0 Å². The maximum atomic E-state index is 12.1. The number of rotatable bonds is 5. The van der Waals surface area contributed by atoms with E-state index in [1.165, 1.54) is 12.8 Å². The molecule has 1 aromatic rings. The van der Waals surface area contributed by atoms with Crippen molar-refractivity contribution in [3.05, 3.63) is 24.3 Å². The SMILES string of the molecule is COc1ccccc1OCCC(=O)N1CCCCCC1. The van der Waals surface area contributed by atoms with Crippen LogP contribution < -0.4 is 9.47 Å². The lowest BCUT2D eigenvalue weighted by Gasteiger charge is -2.20. The topological polar surface area (TPSA) is 38.8 Å². The Morgan fingerprint density at radius 1 is 1.10 bits per heavy atom. The van der Waals surface area contributed by atoms with Gasteiger partial charge in [-0.3, -0.25) is 4.79 Å². The highest BCUT2D eigenvalue weighted by Gasteiger charge is 2.15. The summed E-state index contributed by atoms with van der Waals surface area (Å²) in [5.74, 6) is 1.59. The standard InChI is InChI=1S/C16H23NO3/c1-19-14-8-4-5-9-15(14)20-13-10-16(18)17-11-6-2-3-7-12-17/h4-5,8-9H,2-3,6-7,10-13H2,1H3. The summed E-state index contributed by atoms with van der Waals surface area (Å²) in [7, 11) is 1.62. The number of nitrogens with zero attached hydrogens (tertiary/aromatic N) is 1. The van der Waals surface area contributed by atoms with E-state index in [0.29, 0.717) is 24.5 Å². The highest BCUT2D eigenvalue weighted by atomic mass is 16.5. The van der Waals surface area contributed by atoms with Crippen molar-refractivity contribution in [2.75, 3.05) is 26.8 Å². The Balaban J connectivity index is 1.78. The first-order valence-electron chi connectivity index (χ1n) is 7.35. The molecule has 0 aromatic heterocycles. The molecule has 1 amide bonds. The van der Waals surface area contributed by atoms with E-state index in [1.807, 2.05) is 29.2 Å². The van der Waals surface area contributed by atoms with Crippen LogP contribution in [0.1, 0.15) is 32.1 Å². The van der Waals surface area contributed by atoms with Gasteiger partial charge in [-0.2, -0.15) is 0 Å². The molecule has 0 N–H and O–H groups in total. The van der Waals surface area contributed by atoms with Gasteiger partial charge in [0.15, 0.2) is 11.5 Å². The van der Waals surface area contributed by atoms with Gasteiger partial charge in [0.25, 0.3) is 0 Å². The Labute approximate surface area is 120 Å². The van der Waals surface area contributed by atoms with Crippen LogP contribution in [0.25, 0.3) is 0 Å². The Hall–Kier alpha value is -1.71. The number of ether oxygens (including phenoxy) is 2. The van der Waals surface area contributed by atoms with E-state index in [4.69, 9.17) is 9.47 Å². The van der Waals surface area contributed by atoms with Gasteiger partial charge in [-0.1, -0.05) is 25.0 Å². The molecule has 0 radical (unpaired) electrons. The van der Waals surface area contributed by atoms with Crippen LogP contribution in [0.3, 0.4) is 0 Å². The molecule has 1 aromatic carbocycles. The van der Waals surface area contributed by atoms with E-state index in [1.54, 1.807) is 7.11 Å². The maximum Gasteiger partial charge on any atom is 0.225 e. The van der Waals surface area contributed by atoms with Crippen LogP contribution in [-0.2, 0) is 4.79 Å². The van der Waals surface area contributed by atoms with Crippen LogP contribution in [0.5, 0.6) is 11.5 Å². The molecule has 0 atom stereocenters. The zero-order valence-electron chi connectivity index (χ0n) is 12.1. The van der Waals surface area contributed by atoms with Crippen LogP contribution in [0.4, 0.5) is 0 Å². The summed E-state index contributed by atoms with van der Waals surface area (Å²) in [6.07, 6.45) is 5.15. The van der Waals surface area contributed by atoms with Crippen molar-refractivity contribution in [1.82, 2.24) is 4.90 Å². The lowest BCUT2D eigenvalue weighted by atomic mass is 10.2. The normalized spacial score (nSPS) is 15.6. The van der Waals surface area contributed by atoms with Crippen molar-refractivity contribution in [1.29, 1.82) is 0 Å². The molecule has 0 bridgehead atoms. The molecule has 20 heavy (non-hydrogen) atoms. The average molecular weight is 277 g/mol. The van der Waals surface area contributed by atoms with Gasteiger partial charge in [0, 0.05) is 13.1 Å². The minimum Gasteiger partial charge on any atom is -0.493 e. The third kappa shape index (κ3) is 4.15. The number of likely N-dealkylation sites (tertiary alicyclic amines) is 1. The molecule has 0 spiro atoms. The monoisotopic (exact) mass is 277 g/mol. The van der Waals surface area contributed by atoms with E-state index >= 15 is 0 Å². The fraction of sp³-hybridized carbons (Fsp3) is 0.562. The summed E-state index contributed by atoms with van der Waals surface area (Å²) in [5.41, 5.74) is 0. The summed E-state index contributed by atoms with van der Waals surface area (Å²) in [5, 5.41) is 0. The molecular weight excluding hydrogens is 254 g/mol. The van der Waals surface area contributed by atoms with Gasteiger partial charge in [0.2, 0.25) is 5.91 Å². The Kier molecular flexibility index (Phi) is 5.71. The zero-order valence-corrected chi connectivity index (χ0v) is 12.1. The van der Waals surface area contributed by atoms with Crippen LogP contribution in [0.15, 0.2) is 24.3 Å². The second kappa shape index (κ2) is 7.78. The molecule has 110 valence electrons. The molecule has 4 heteroatoms. The van der Waals surface area contributed by atoms with Crippen LogP contribution in [0, 0.1) is 0 Å². The number of carbonyl (C=O) groups is 1. The maximum absolute atomic E-state index is 12.1. The zero-order chi connectivity index (χ0) is 14.2. The summed E-state index contributed by atoms with van der Waals surface area (Å²) in [6, 6.07) is 7.50.